The molecule has 0 aliphatic carbocycles. The maximum Gasteiger partial charge on any atom is 0.255 e. The SMILES string of the molecule is NC(=O)COc1ccc(/C=C/C(=O)Nc2ccc(F)c(Cl)c2)cc1. The fraction of sp³-hybridized carbons (Fsp3) is 0.0588. The third-order valence-electron chi connectivity index (χ3n) is 2.88. The number of anilines is 1. The van der Waals surface area contributed by atoms with Crippen molar-refractivity contribution in [2.75, 3.05) is 11.9 Å². The largest absolute Gasteiger partial charge is 0.484 e. The quantitative estimate of drug-likeness (QED) is 0.787. The second-order valence-electron chi connectivity index (χ2n) is 4.78. The van der Waals surface area contributed by atoms with Gasteiger partial charge in [-0.15, -0.1) is 0 Å². The summed E-state index contributed by atoms with van der Waals surface area (Å²) in [6, 6.07) is 10.7. The number of benzene rings is 2. The molecule has 0 unspecified atom stereocenters. The monoisotopic (exact) mass is 348 g/mol. The molecule has 124 valence electrons. The smallest absolute Gasteiger partial charge is 0.255 e. The standard InChI is InChI=1S/C17H14ClFN2O3/c18-14-9-12(4-7-15(14)19)21-17(23)8-3-11-1-5-13(6-2-11)24-10-16(20)22/h1-9H,10H2,(H2,20,22)(H,21,23)/b8-3+. The van der Waals surface area contributed by atoms with Crippen LogP contribution in [0.15, 0.2) is 48.5 Å². The van der Waals surface area contributed by atoms with Crippen LogP contribution < -0.4 is 15.8 Å². The normalized spacial score (nSPS) is 10.6. The summed E-state index contributed by atoms with van der Waals surface area (Å²) in [6.45, 7) is -0.197. The number of nitrogens with two attached hydrogens (primary N) is 1. The number of primary amides is 1. The van der Waals surface area contributed by atoms with Crippen molar-refractivity contribution in [1.82, 2.24) is 0 Å². The maximum absolute atomic E-state index is 13.0. The summed E-state index contributed by atoms with van der Waals surface area (Å²) < 4.78 is 18.2. The first-order valence-electron chi connectivity index (χ1n) is 6.89. The highest BCUT2D eigenvalue weighted by molar-refractivity contribution is 6.31. The van der Waals surface area contributed by atoms with Gasteiger partial charge in [0.25, 0.3) is 5.91 Å². The minimum absolute atomic E-state index is 0.0664. The molecule has 0 saturated heterocycles. The van der Waals surface area contributed by atoms with Gasteiger partial charge in [-0.3, -0.25) is 9.59 Å². The van der Waals surface area contributed by atoms with Crippen LogP contribution in [-0.2, 0) is 9.59 Å². The molecule has 0 fully saturated rings. The lowest BCUT2D eigenvalue weighted by Crippen LogP contribution is -2.19. The van der Waals surface area contributed by atoms with Crippen LogP contribution in [0, 0.1) is 5.82 Å². The topological polar surface area (TPSA) is 81.4 Å². The molecule has 0 aromatic heterocycles. The summed E-state index contributed by atoms with van der Waals surface area (Å²) in [4.78, 5) is 22.4. The molecule has 0 bridgehead atoms. The zero-order valence-corrected chi connectivity index (χ0v) is 13.2. The Morgan fingerprint density at radius 2 is 1.92 bits per heavy atom. The van der Waals surface area contributed by atoms with Gasteiger partial charge >= 0.3 is 0 Å². The van der Waals surface area contributed by atoms with Gasteiger partial charge in [0, 0.05) is 11.8 Å². The number of carbonyl (C=O) groups excluding carboxylic acids is 2. The van der Waals surface area contributed by atoms with Gasteiger partial charge in [0.2, 0.25) is 5.91 Å². The molecule has 0 spiro atoms. The van der Waals surface area contributed by atoms with Crippen molar-refractivity contribution in [3.63, 3.8) is 0 Å². The predicted octanol–water partition coefficient (Wildman–Crippen LogP) is 3.00. The van der Waals surface area contributed by atoms with Crippen LogP contribution in [0.2, 0.25) is 5.02 Å². The summed E-state index contributed by atoms with van der Waals surface area (Å²) in [5.41, 5.74) is 6.14. The number of rotatable bonds is 6. The number of hydrogen-bond acceptors (Lipinski definition) is 3. The summed E-state index contributed by atoms with van der Waals surface area (Å²) in [5.74, 6) is -0.997. The molecule has 0 heterocycles. The number of ether oxygens (including phenoxy) is 1. The van der Waals surface area contributed by atoms with E-state index in [1.807, 2.05) is 0 Å². The van der Waals surface area contributed by atoms with E-state index in [1.54, 1.807) is 30.3 Å². The predicted molar refractivity (Wildman–Crippen MR) is 90.2 cm³/mol. The lowest BCUT2D eigenvalue weighted by Gasteiger charge is -2.04. The van der Waals surface area contributed by atoms with Crippen molar-refractivity contribution in [2.45, 2.75) is 0 Å². The summed E-state index contributed by atoms with van der Waals surface area (Å²) in [7, 11) is 0. The van der Waals surface area contributed by atoms with Gasteiger partial charge < -0.3 is 15.8 Å². The van der Waals surface area contributed by atoms with E-state index in [0.29, 0.717) is 11.4 Å². The van der Waals surface area contributed by atoms with Crippen LogP contribution in [0.1, 0.15) is 5.56 Å². The van der Waals surface area contributed by atoms with Crippen molar-refractivity contribution >= 4 is 35.2 Å². The van der Waals surface area contributed by atoms with Crippen molar-refractivity contribution in [1.29, 1.82) is 0 Å². The van der Waals surface area contributed by atoms with E-state index in [2.05, 4.69) is 5.32 Å². The third-order valence-corrected chi connectivity index (χ3v) is 3.17. The fourth-order valence-corrected chi connectivity index (χ4v) is 1.94. The van der Waals surface area contributed by atoms with Crippen molar-refractivity contribution in [2.24, 2.45) is 5.73 Å². The maximum atomic E-state index is 13.0. The molecule has 3 N–H and O–H groups in total. The van der Waals surface area contributed by atoms with Crippen molar-refractivity contribution in [3.8, 4) is 5.75 Å². The minimum atomic E-state index is -0.559. The molecular formula is C17H14ClFN2O3. The number of hydrogen-bond donors (Lipinski definition) is 2. The van der Waals surface area contributed by atoms with Crippen molar-refractivity contribution in [3.05, 3.63) is 64.9 Å². The molecule has 0 saturated carbocycles. The Morgan fingerprint density at radius 1 is 1.21 bits per heavy atom. The van der Waals surface area contributed by atoms with Gasteiger partial charge in [-0.05, 0) is 42.0 Å². The average molecular weight is 349 g/mol. The molecule has 0 atom stereocenters. The van der Waals surface area contributed by atoms with Crippen LogP contribution in [-0.4, -0.2) is 18.4 Å². The zero-order valence-electron chi connectivity index (χ0n) is 12.5. The molecule has 0 radical (unpaired) electrons. The van der Waals surface area contributed by atoms with E-state index in [4.69, 9.17) is 22.1 Å². The highest BCUT2D eigenvalue weighted by atomic mass is 35.5. The summed E-state index contributed by atoms with van der Waals surface area (Å²) >= 11 is 5.65. The Kier molecular flexibility index (Phi) is 5.92. The average Bonchev–Trinajstić information content (AvgIpc) is 2.55. The third kappa shape index (κ3) is 5.40. The van der Waals surface area contributed by atoms with Gasteiger partial charge in [0.1, 0.15) is 11.6 Å². The highest BCUT2D eigenvalue weighted by Gasteiger charge is 2.03. The van der Waals surface area contributed by atoms with Crippen molar-refractivity contribution < 1.29 is 18.7 Å². The fourth-order valence-electron chi connectivity index (χ4n) is 1.76. The molecule has 2 aromatic rings. The van der Waals surface area contributed by atoms with Gasteiger partial charge in [0.15, 0.2) is 6.61 Å². The van der Waals surface area contributed by atoms with Crippen LogP contribution >= 0.6 is 11.6 Å². The Labute approximate surface area is 142 Å². The van der Waals surface area contributed by atoms with E-state index in [0.717, 1.165) is 5.56 Å². The van der Waals surface area contributed by atoms with Crippen LogP contribution in [0.25, 0.3) is 6.08 Å². The molecule has 5 nitrogen and oxygen atoms in total. The Hall–Kier alpha value is -2.86. The lowest BCUT2D eigenvalue weighted by atomic mass is 10.2. The molecule has 0 aliphatic heterocycles. The molecule has 24 heavy (non-hydrogen) atoms. The Morgan fingerprint density at radius 3 is 2.54 bits per heavy atom. The van der Waals surface area contributed by atoms with Crippen LogP contribution in [0.4, 0.5) is 10.1 Å². The first-order valence-corrected chi connectivity index (χ1v) is 7.27. The Balaban J connectivity index is 1.93. The second-order valence-corrected chi connectivity index (χ2v) is 5.18. The summed E-state index contributed by atoms with van der Waals surface area (Å²) in [5, 5.41) is 2.51. The number of carbonyl (C=O) groups is 2. The molecule has 0 aliphatic rings. The second kappa shape index (κ2) is 8.12. The Bertz CT molecular complexity index is 776. The first kappa shape index (κ1) is 17.5. The van der Waals surface area contributed by atoms with E-state index in [9.17, 15) is 14.0 Å². The number of halogens is 2. The van der Waals surface area contributed by atoms with Gasteiger partial charge in [-0.1, -0.05) is 23.7 Å². The van der Waals surface area contributed by atoms with E-state index < -0.39 is 11.7 Å². The van der Waals surface area contributed by atoms with Gasteiger partial charge in [-0.2, -0.15) is 0 Å². The zero-order chi connectivity index (χ0) is 17.5. The van der Waals surface area contributed by atoms with Crippen LogP contribution in [0.3, 0.4) is 0 Å². The molecule has 7 heteroatoms. The highest BCUT2D eigenvalue weighted by Crippen LogP contribution is 2.19. The van der Waals surface area contributed by atoms with E-state index in [1.165, 1.54) is 24.3 Å². The first-order chi connectivity index (χ1) is 11.4. The molecular weight excluding hydrogens is 335 g/mol. The van der Waals surface area contributed by atoms with E-state index >= 15 is 0 Å². The van der Waals surface area contributed by atoms with E-state index in [-0.39, 0.29) is 17.5 Å². The molecule has 2 rings (SSSR count). The number of nitrogens with one attached hydrogen (secondary N) is 1. The van der Waals surface area contributed by atoms with Gasteiger partial charge in [0.05, 0.1) is 5.02 Å². The lowest BCUT2D eigenvalue weighted by molar-refractivity contribution is -0.120. The van der Waals surface area contributed by atoms with Gasteiger partial charge in [-0.25, -0.2) is 4.39 Å². The summed E-state index contributed by atoms with van der Waals surface area (Å²) in [6.07, 6.45) is 2.93. The number of amides is 2. The minimum Gasteiger partial charge on any atom is -0.484 e. The molecule has 2 aromatic carbocycles. The molecule has 2 amide bonds. The van der Waals surface area contributed by atoms with Crippen LogP contribution in [0.5, 0.6) is 5.75 Å².